The van der Waals surface area contributed by atoms with Crippen molar-refractivity contribution >= 4 is 24.7 Å². The van der Waals surface area contributed by atoms with Crippen molar-refractivity contribution in [1.82, 2.24) is 0 Å². The molecular formula is C39H74O6Sn. The van der Waals surface area contributed by atoms with Crippen molar-refractivity contribution in [1.29, 1.82) is 0 Å². The summed E-state index contributed by atoms with van der Waals surface area (Å²) in [6.07, 6.45) is 18.0. The first-order valence-corrected chi connectivity index (χ1v) is 25.8. The standard InChI is InChI=1S/C13H22O3.C9H16O3.3C4H9.C3H6.C2H3.Sn/c1-6-8(3)11(14)13-12(16-13)9(4)10(7-2)15-5;1-4-7(11-3)6(2)9-8(5-10)12-9;3*1-3-4-2;1-3-2;1-2;/h1,8-14H,7H2,2-5H3;5-9H,4H2,1-3H3;3*1,3-4H2,2H3;3H,1H2,2H3;1H,2H2;/t8-,9-,10+,11+,12+,13+;6-,7+,8+,9+;;;;;;/m11....../s1. The molecule has 1 N–H and O–H groups in total. The zero-order chi connectivity index (χ0) is 35.7. The van der Waals surface area contributed by atoms with Gasteiger partial charge in [-0.2, -0.15) is 0 Å². The van der Waals surface area contributed by atoms with Crippen molar-refractivity contribution < 1.29 is 28.8 Å². The molecule has 0 spiro atoms. The summed E-state index contributed by atoms with van der Waals surface area (Å²) in [5.41, 5.74) is 0. The number of carbonyl (C=O) groups excluding carboxylic acids is 1. The van der Waals surface area contributed by atoms with Gasteiger partial charge >= 0.3 is 102 Å². The molecule has 7 heteroatoms. The van der Waals surface area contributed by atoms with Crippen molar-refractivity contribution in [2.75, 3.05) is 14.2 Å². The van der Waals surface area contributed by atoms with E-state index in [1.807, 2.05) is 13.8 Å². The van der Waals surface area contributed by atoms with Gasteiger partial charge in [0.15, 0.2) is 6.29 Å². The minimum absolute atomic E-state index is 0.0794. The SMILES string of the molecule is C#C[C@@H](C)[C@H](O)[C@@H]1O[C@H]1[C@H](C)[C@H](CC)OC.C=CC.C=[CH][Sn]([CH2]CCC)([CH2]CCC)[CH2]CCC.CC[C@H](OC)[C@@H](C)[C@@H]1O[C@H]1C=O. The number of aliphatic hydroxyl groups is 1. The predicted octanol–water partition coefficient (Wildman–Crippen LogP) is 9.21. The largest absolute Gasteiger partial charge is 0.381 e. The number of allylic oxidation sites excluding steroid dienone is 1. The van der Waals surface area contributed by atoms with E-state index >= 15 is 0 Å². The van der Waals surface area contributed by atoms with Gasteiger partial charge in [0, 0.05) is 32.0 Å². The number of rotatable bonds is 21. The first-order valence-electron chi connectivity index (χ1n) is 18.1. The van der Waals surface area contributed by atoms with Gasteiger partial charge in [-0.15, -0.1) is 18.9 Å². The Hall–Kier alpha value is -0.691. The maximum Gasteiger partial charge on any atom is 0.151 e. The molecule has 2 rings (SSSR count). The number of hydrogen-bond donors (Lipinski definition) is 1. The average Bonchev–Trinajstić information content (AvgIpc) is 4.01. The van der Waals surface area contributed by atoms with Crippen molar-refractivity contribution in [2.24, 2.45) is 17.8 Å². The molecule has 0 aromatic rings. The molecule has 2 aliphatic rings. The Kier molecular flexibility index (Phi) is 29.1. The fraction of sp³-hybridized carbons (Fsp3) is 0.821. The number of hydrogen-bond acceptors (Lipinski definition) is 6. The third-order valence-corrected chi connectivity index (χ3v) is 23.5. The summed E-state index contributed by atoms with van der Waals surface area (Å²) in [5.74, 6) is 2.99. The Morgan fingerprint density at radius 3 is 1.52 bits per heavy atom. The number of ether oxygens (including phenoxy) is 4. The molecule has 0 radical (unpaired) electrons. The minimum Gasteiger partial charge on any atom is -0.381 e. The molecule has 2 fully saturated rings. The van der Waals surface area contributed by atoms with Crippen LogP contribution in [0.4, 0.5) is 0 Å². The summed E-state index contributed by atoms with van der Waals surface area (Å²) in [5, 5.41) is 9.90. The van der Waals surface area contributed by atoms with Crippen LogP contribution >= 0.6 is 0 Å². The van der Waals surface area contributed by atoms with E-state index in [0.717, 1.165) is 19.1 Å². The fourth-order valence-corrected chi connectivity index (χ4v) is 19.0. The Morgan fingerprint density at radius 1 is 0.826 bits per heavy atom. The quantitative estimate of drug-likeness (QED) is 0.0414. The molecule has 0 bridgehead atoms. The summed E-state index contributed by atoms with van der Waals surface area (Å²) in [6, 6.07) is 0. The maximum absolute atomic E-state index is 10.3. The maximum atomic E-state index is 10.3. The van der Waals surface area contributed by atoms with Gasteiger partial charge in [0.05, 0.1) is 30.5 Å². The van der Waals surface area contributed by atoms with E-state index in [-0.39, 0.29) is 42.5 Å². The van der Waals surface area contributed by atoms with Gasteiger partial charge in [0.25, 0.3) is 0 Å². The van der Waals surface area contributed by atoms with Gasteiger partial charge in [-0.1, -0.05) is 33.8 Å². The summed E-state index contributed by atoms with van der Waals surface area (Å²) in [4.78, 5) is 10.3. The number of methoxy groups -OCH3 is 2. The van der Waals surface area contributed by atoms with Crippen LogP contribution in [0.5, 0.6) is 0 Å². The molecule has 0 amide bonds. The number of aldehydes is 1. The topological polar surface area (TPSA) is 80.8 Å². The van der Waals surface area contributed by atoms with Crippen LogP contribution in [-0.2, 0) is 23.7 Å². The molecule has 0 aromatic carbocycles. The van der Waals surface area contributed by atoms with Crippen molar-refractivity contribution in [3.05, 3.63) is 23.3 Å². The first kappa shape index (κ1) is 47.4. The summed E-state index contributed by atoms with van der Waals surface area (Å²) >= 11 is -1.85. The van der Waals surface area contributed by atoms with E-state index in [1.54, 1.807) is 33.6 Å². The van der Waals surface area contributed by atoms with Crippen molar-refractivity contribution in [3.63, 3.8) is 0 Å². The summed E-state index contributed by atoms with van der Waals surface area (Å²) in [6.45, 7) is 26.5. The summed E-state index contributed by atoms with van der Waals surface area (Å²) in [7, 11) is 3.41. The van der Waals surface area contributed by atoms with Crippen LogP contribution in [0, 0.1) is 30.1 Å². The van der Waals surface area contributed by atoms with Gasteiger partial charge in [-0.05, 0) is 26.7 Å². The molecule has 6 nitrogen and oxygen atoms in total. The smallest absolute Gasteiger partial charge is 0.151 e. The van der Waals surface area contributed by atoms with Gasteiger partial charge in [0.2, 0.25) is 0 Å². The van der Waals surface area contributed by atoms with E-state index < -0.39 is 24.5 Å². The van der Waals surface area contributed by atoms with Gasteiger partial charge < -0.3 is 28.8 Å². The van der Waals surface area contributed by atoms with Crippen LogP contribution in [0.1, 0.15) is 114 Å². The average molecular weight is 758 g/mol. The van der Waals surface area contributed by atoms with Gasteiger partial charge in [-0.25, -0.2) is 0 Å². The molecule has 0 saturated carbocycles. The van der Waals surface area contributed by atoms with Gasteiger partial charge in [-0.3, -0.25) is 0 Å². The monoisotopic (exact) mass is 758 g/mol. The Balaban J connectivity index is 0. The molecule has 10 atom stereocenters. The Morgan fingerprint density at radius 2 is 1.24 bits per heavy atom. The number of unbranched alkanes of at least 4 members (excludes halogenated alkanes) is 3. The summed E-state index contributed by atoms with van der Waals surface area (Å²) < 4.78 is 28.5. The van der Waals surface area contributed by atoms with E-state index in [0.29, 0.717) is 11.8 Å². The molecule has 270 valence electrons. The number of epoxide rings is 2. The number of carbonyl (C=O) groups is 1. The molecule has 0 unspecified atom stereocenters. The van der Waals surface area contributed by atoms with Crippen LogP contribution < -0.4 is 0 Å². The second-order valence-corrected chi connectivity index (χ2v) is 26.3. The number of aliphatic hydroxyl groups excluding tert-OH is 1. The van der Waals surface area contributed by atoms with Crippen LogP contribution in [0.2, 0.25) is 13.3 Å². The molecule has 46 heavy (non-hydrogen) atoms. The van der Waals surface area contributed by atoms with Crippen LogP contribution in [0.3, 0.4) is 0 Å². The third-order valence-electron chi connectivity index (χ3n) is 9.51. The second kappa shape index (κ2) is 28.2. The molecular weight excluding hydrogens is 683 g/mol. The van der Waals surface area contributed by atoms with Crippen molar-refractivity contribution in [2.45, 2.75) is 170 Å². The fourth-order valence-electron chi connectivity index (χ4n) is 6.08. The van der Waals surface area contributed by atoms with E-state index in [9.17, 15) is 9.90 Å². The van der Waals surface area contributed by atoms with Gasteiger partial charge in [0.1, 0.15) is 12.2 Å². The first-order chi connectivity index (χ1) is 22.0. The van der Waals surface area contributed by atoms with Crippen LogP contribution in [0.25, 0.3) is 0 Å². The van der Waals surface area contributed by atoms with E-state index in [1.165, 1.54) is 38.5 Å². The molecule has 2 saturated heterocycles. The second-order valence-electron chi connectivity index (χ2n) is 13.1. The predicted molar refractivity (Wildman–Crippen MR) is 199 cm³/mol. The Bertz CT molecular complexity index is 783. The van der Waals surface area contributed by atoms with Crippen molar-refractivity contribution in [3.8, 4) is 12.3 Å². The van der Waals surface area contributed by atoms with Crippen LogP contribution in [-0.4, -0.2) is 86.7 Å². The Labute approximate surface area is 289 Å². The molecule has 0 aromatic heterocycles. The molecule has 0 aliphatic carbocycles. The zero-order valence-corrected chi connectivity index (χ0v) is 34.6. The minimum atomic E-state index is -1.85. The number of terminal acetylenes is 1. The normalized spacial score (nSPS) is 23.5. The van der Waals surface area contributed by atoms with E-state index in [4.69, 9.17) is 25.4 Å². The molecule has 2 aliphatic heterocycles. The van der Waals surface area contributed by atoms with E-state index in [2.05, 4.69) is 71.6 Å². The van der Waals surface area contributed by atoms with Crippen LogP contribution in [0.15, 0.2) is 23.3 Å². The third kappa shape index (κ3) is 18.2. The molecule has 2 heterocycles. The zero-order valence-electron chi connectivity index (χ0n) is 31.8.